The van der Waals surface area contributed by atoms with Crippen molar-refractivity contribution in [3.63, 3.8) is 0 Å². The van der Waals surface area contributed by atoms with Crippen LogP contribution in [0.5, 0.6) is 0 Å². The van der Waals surface area contributed by atoms with Crippen LogP contribution >= 0.6 is 0 Å². The number of hydrogen-bond donors (Lipinski definition) is 0. The van der Waals surface area contributed by atoms with Crippen molar-refractivity contribution in [2.45, 2.75) is 11.8 Å². The fourth-order valence-electron chi connectivity index (χ4n) is 7.53. The first kappa shape index (κ1) is 24.4. The summed E-state index contributed by atoms with van der Waals surface area (Å²) in [6.45, 7) is 0. The highest BCUT2D eigenvalue weighted by atomic mass is 14.5. The molecule has 5 aromatic carbocycles. The summed E-state index contributed by atoms with van der Waals surface area (Å²) in [6.07, 6.45) is 18.8. The molecule has 1 unspecified atom stereocenters. The molecule has 0 radical (unpaired) electrons. The van der Waals surface area contributed by atoms with Gasteiger partial charge in [-0.2, -0.15) is 0 Å². The smallest absolute Gasteiger partial charge is 0.0731 e. The number of fused-ring (bicyclic) bond motifs is 10. The zero-order valence-electron chi connectivity index (χ0n) is 23.2. The molecule has 0 aromatic heterocycles. The van der Waals surface area contributed by atoms with Gasteiger partial charge in [0.1, 0.15) is 0 Å². The monoisotopic (exact) mass is 532 g/mol. The third kappa shape index (κ3) is 3.38. The summed E-state index contributed by atoms with van der Waals surface area (Å²) in [7, 11) is 0. The van der Waals surface area contributed by atoms with Crippen molar-refractivity contribution in [2.24, 2.45) is 0 Å². The maximum atomic E-state index is 5.46. The molecular weight excluding hydrogens is 504 g/mol. The van der Waals surface area contributed by atoms with Crippen LogP contribution in [0.2, 0.25) is 0 Å². The van der Waals surface area contributed by atoms with Crippen LogP contribution in [0, 0.1) is 12.3 Å². The lowest BCUT2D eigenvalue weighted by Gasteiger charge is -2.33. The van der Waals surface area contributed by atoms with E-state index in [2.05, 4.69) is 145 Å². The van der Waals surface area contributed by atoms with Crippen molar-refractivity contribution in [3.8, 4) is 45.7 Å². The van der Waals surface area contributed by atoms with E-state index >= 15 is 0 Å². The van der Waals surface area contributed by atoms with Gasteiger partial charge in [-0.1, -0.05) is 152 Å². The Morgan fingerprint density at radius 1 is 0.619 bits per heavy atom. The standard InChI is InChI=1S/C42H28/c1-2-3-5-15-29-16-12-19-31(28-29)33-23-13-24-35-34-20-8-10-25-37(34)42(41(33)35)38-26-11-9-21-36(38)40-32(22-14-27-39(40)42)30-17-6-4-7-18-30/h1,3-27H,28H2/b5-3-,29-15-. The molecule has 0 fully saturated rings. The predicted molar refractivity (Wildman–Crippen MR) is 176 cm³/mol. The summed E-state index contributed by atoms with van der Waals surface area (Å²) in [5.41, 5.74) is 16.8. The largest absolute Gasteiger partial charge is 0.115 e. The Balaban J connectivity index is 1.46. The van der Waals surface area contributed by atoms with Crippen LogP contribution < -0.4 is 0 Å². The van der Waals surface area contributed by atoms with Crippen molar-refractivity contribution in [1.82, 2.24) is 0 Å². The van der Waals surface area contributed by atoms with Gasteiger partial charge in [0.2, 0.25) is 0 Å². The van der Waals surface area contributed by atoms with Gasteiger partial charge >= 0.3 is 0 Å². The zero-order valence-corrected chi connectivity index (χ0v) is 23.2. The van der Waals surface area contributed by atoms with E-state index in [1.165, 1.54) is 72.3 Å². The normalized spacial score (nSPS) is 18.5. The second kappa shape index (κ2) is 9.62. The summed E-state index contributed by atoms with van der Waals surface area (Å²) < 4.78 is 0. The Morgan fingerprint density at radius 2 is 1.26 bits per heavy atom. The molecule has 3 aliphatic rings. The van der Waals surface area contributed by atoms with Crippen LogP contribution in [0.3, 0.4) is 0 Å². The molecule has 0 heteroatoms. The molecule has 0 saturated heterocycles. The van der Waals surface area contributed by atoms with Gasteiger partial charge < -0.3 is 0 Å². The Morgan fingerprint density at radius 3 is 2.10 bits per heavy atom. The zero-order chi connectivity index (χ0) is 28.1. The molecule has 0 N–H and O–H groups in total. The van der Waals surface area contributed by atoms with Crippen molar-refractivity contribution in [2.75, 3.05) is 0 Å². The number of allylic oxidation sites excluding steroid dienone is 8. The SMILES string of the molecule is C#C/C=C\C=C1\C=CC=C(c2cccc3c2C2(c4ccccc4-3)c3ccccc3-c3c(-c4ccccc4)cccc32)C1. The van der Waals surface area contributed by atoms with Crippen molar-refractivity contribution in [1.29, 1.82) is 0 Å². The van der Waals surface area contributed by atoms with E-state index in [1.54, 1.807) is 6.08 Å². The predicted octanol–water partition coefficient (Wildman–Crippen LogP) is 10.2. The number of benzene rings is 5. The third-order valence-corrected chi connectivity index (χ3v) is 9.07. The Kier molecular flexibility index (Phi) is 5.59. The van der Waals surface area contributed by atoms with Crippen molar-refractivity contribution < 1.29 is 0 Å². The molecule has 1 atom stereocenters. The maximum absolute atomic E-state index is 5.46. The lowest BCUT2D eigenvalue weighted by atomic mass is 9.68. The van der Waals surface area contributed by atoms with Gasteiger partial charge in [-0.05, 0) is 84.8 Å². The van der Waals surface area contributed by atoms with Crippen LogP contribution in [0.1, 0.15) is 34.2 Å². The lowest BCUT2D eigenvalue weighted by Crippen LogP contribution is -2.27. The van der Waals surface area contributed by atoms with E-state index in [4.69, 9.17) is 6.42 Å². The summed E-state index contributed by atoms with van der Waals surface area (Å²) in [5.74, 6) is 2.60. The summed E-state index contributed by atoms with van der Waals surface area (Å²) in [4.78, 5) is 0. The highest BCUT2D eigenvalue weighted by molar-refractivity contribution is 6.01. The molecule has 3 aliphatic carbocycles. The average Bonchev–Trinajstić information content (AvgIpc) is 3.53. The van der Waals surface area contributed by atoms with E-state index < -0.39 is 5.41 Å². The minimum Gasteiger partial charge on any atom is -0.115 e. The second-order valence-electron chi connectivity index (χ2n) is 11.2. The molecule has 0 bridgehead atoms. The quantitative estimate of drug-likeness (QED) is 0.199. The van der Waals surface area contributed by atoms with Crippen molar-refractivity contribution in [3.05, 3.63) is 185 Å². The first-order valence-electron chi connectivity index (χ1n) is 14.5. The lowest BCUT2D eigenvalue weighted by molar-refractivity contribution is 0.790. The molecule has 42 heavy (non-hydrogen) atoms. The van der Waals surface area contributed by atoms with Crippen molar-refractivity contribution >= 4 is 5.57 Å². The van der Waals surface area contributed by atoms with E-state index in [0.717, 1.165) is 6.42 Å². The Bertz CT molecular complexity index is 2060. The minimum atomic E-state index is -0.408. The number of terminal acetylenes is 1. The highest BCUT2D eigenvalue weighted by Crippen LogP contribution is 2.65. The second-order valence-corrected chi connectivity index (χ2v) is 11.2. The molecule has 8 rings (SSSR count). The van der Waals surface area contributed by atoms with Gasteiger partial charge in [0.15, 0.2) is 0 Å². The number of hydrogen-bond acceptors (Lipinski definition) is 0. The molecule has 1 spiro atoms. The van der Waals surface area contributed by atoms with E-state index in [9.17, 15) is 0 Å². The Hall–Kier alpha value is -5.38. The van der Waals surface area contributed by atoms with E-state index in [-0.39, 0.29) is 0 Å². The van der Waals surface area contributed by atoms with Crippen LogP contribution in [-0.2, 0) is 5.41 Å². The van der Waals surface area contributed by atoms with Gasteiger partial charge in [-0.15, -0.1) is 6.42 Å². The van der Waals surface area contributed by atoms with Crippen LogP contribution in [-0.4, -0.2) is 0 Å². The van der Waals surface area contributed by atoms with Gasteiger partial charge in [0, 0.05) is 0 Å². The summed E-state index contributed by atoms with van der Waals surface area (Å²) >= 11 is 0. The van der Waals surface area contributed by atoms with Crippen LogP contribution in [0.4, 0.5) is 0 Å². The van der Waals surface area contributed by atoms with E-state index in [0.29, 0.717) is 0 Å². The fourth-order valence-corrected chi connectivity index (χ4v) is 7.53. The van der Waals surface area contributed by atoms with Crippen LogP contribution in [0.15, 0.2) is 157 Å². The van der Waals surface area contributed by atoms with Gasteiger partial charge in [0.05, 0.1) is 5.41 Å². The van der Waals surface area contributed by atoms with Gasteiger partial charge in [-0.25, -0.2) is 0 Å². The fraction of sp³-hybridized carbons (Fsp3) is 0.0476. The Labute approximate surface area is 247 Å². The molecule has 0 amide bonds. The van der Waals surface area contributed by atoms with Gasteiger partial charge in [0.25, 0.3) is 0 Å². The highest BCUT2D eigenvalue weighted by Gasteiger charge is 2.53. The van der Waals surface area contributed by atoms with Gasteiger partial charge in [-0.3, -0.25) is 0 Å². The molecule has 0 saturated carbocycles. The van der Waals surface area contributed by atoms with E-state index in [1.807, 2.05) is 6.08 Å². The molecule has 0 aliphatic heterocycles. The first-order valence-corrected chi connectivity index (χ1v) is 14.5. The third-order valence-electron chi connectivity index (χ3n) is 9.07. The summed E-state index contributed by atoms with van der Waals surface area (Å²) in [6, 6.07) is 42.7. The average molecular weight is 533 g/mol. The molecule has 196 valence electrons. The molecular formula is C42H28. The molecule has 0 heterocycles. The number of rotatable bonds is 3. The first-order chi connectivity index (χ1) is 20.8. The summed E-state index contributed by atoms with van der Waals surface area (Å²) in [5, 5.41) is 0. The van der Waals surface area contributed by atoms with Crippen LogP contribution in [0.25, 0.3) is 39.0 Å². The molecule has 0 nitrogen and oxygen atoms in total. The molecule has 5 aromatic rings. The topological polar surface area (TPSA) is 0 Å². The minimum absolute atomic E-state index is 0.408. The maximum Gasteiger partial charge on any atom is 0.0731 e.